The molecule has 20 heavy (non-hydrogen) atoms. The molecular formula is C16H20FNO2. The van der Waals surface area contributed by atoms with Gasteiger partial charge < -0.3 is 10.4 Å². The van der Waals surface area contributed by atoms with Crippen LogP contribution in [0.1, 0.15) is 49.0 Å². The highest BCUT2D eigenvalue weighted by atomic mass is 19.1. The summed E-state index contributed by atoms with van der Waals surface area (Å²) in [6.07, 6.45) is 1.98. The second-order valence-corrected chi connectivity index (χ2v) is 4.45. The van der Waals surface area contributed by atoms with Crippen molar-refractivity contribution in [3.8, 4) is 11.8 Å². The van der Waals surface area contributed by atoms with Crippen LogP contribution in [0.5, 0.6) is 0 Å². The summed E-state index contributed by atoms with van der Waals surface area (Å²) in [5.41, 5.74) is 0.714. The Morgan fingerprint density at radius 1 is 1.40 bits per heavy atom. The molecule has 4 heteroatoms. The number of hydrogen-bond acceptors (Lipinski definition) is 2. The predicted molar refractivity (Wildman–Crippen MR) is 76.8 cm³/mol. The van der Waals surface area contributed by atoms with Crippen LogP contribution in [0.15, 0.2) is 18.2 Å². The Hall–Kier alpha value is -1.86. The van der Waals surface area contributed by atoms with Gasteiger partial charge in [0.2, 0.25) is 0 Å². The Balaban J connectivity index is 2.99. The van der Waals surface area contributed by atoms with E-state index in [-0.39, 0.29) is 18.6 Å². The van der Waals surface area contributed by atoms with Crippen LogP contribution in [0.4, 0.5) is 4.39 Å². The van der Waals surface area contributed by atoms with E-state index in [9.17, 15) is 9.18 Å². The van der Waals surface area contributed by atoms with Crippen molar-refractivity contribution in [2.24, 2.45) is 0 Å². The summed E-state index contributed by atoms with van der Waals surface area (Å²) in [4.78, 5) is 12.2. The van der Waals surface area contributed by atoms with Crippen LogP contribution in [-0.2, 0) is 0 Å². The molecule has 0 radical (unpaired) electrons. The van der Waals surface area contributed by atoms with E-state index < -0.39 is 5.82 Å². The summed E-state index contributed by atoms with van der Waals surface area (Å²) in [5, 5.41) is 11.6. The second kappa shape index (κ2) is 8.34. The molecule has 0 aromatic heterocycles. The van der Waals surface area contributed by atoms with E-state index in [1.165, 1.54) is 18.2 Å². The van der Waals surface area contributed by atoms with Crippen LogP contribution in [0.3, 0.4) is 0 Å². The standard InChI is InChI=1S/C16H20FNO2/c1-3-14(4-2)18-16(20)15-9-8-13(17)11-12(15)7-5-6-10-19/h8-9,11,14,19H,3-4,6,10H2,1-2H3,(H,18,20). The maximum Gasteiger partial charge on any atom is 0.252 e. The number of rotatable bonds is 5. The van der Waals surface area contributed by atoms with Crippen LogP contribution in [0.2, 0.25) is 0 Å². The topological polar surface area (TPSA) is 49.3 Å². The van der Waals surface area contributed by atoms with E-state index >= 15 is 0 Å². The van der Waals surface area contributed by atoms with Gasteiger partial charge in [0.25, 0.3) is 5.91 Å². The van der Waals surface area contributed by atoms with Gasteiger partial charge in [0.05, 0.1) is 12.2 Å². The summed E-state index contributed by atoms with van der Waals surface area (Å²) in [7, 11) is 0. The van der Waals surface area contributed by atoms with E-state index in [2.05, 4.69) is 17.2 Å². The molecule has 2 N–H and O–H groups in total. The van der Waals surface area contributed by atoms with Crippen molar-refractivity contribution in [2.75, 3.05) is 6.61 Å². The third kappa shape index (κ3) is 4.67. The van der Waals surface area contributed by atoms with Crippen LogP contribution in [0.25, 0.3) is 0 Å². The van der Waals surface area contributed by atoms with Gasteiger partial charge in [0.15, 0.2) is 0 Å². The van der Waals surface area contributed by atoms with Gasteiger partial charge in [0.1, 0.15) is 5.82 Å². The van der Waals surface area contributed by atoms with Crippen molar-refractivity contribution in [3.05, 3.63) is 35.1 Å². The molecule has 0 aliphatic heterocycles. The molecule has 0 aliphatic rings. The molecule has 0 unspecified atom stereocenters. The number of aliphatic hydroxyl groups is 1. The highest BCUT2D eigenvalue weighted by Gasteiger charge is 2.14. The Morgan fingerprint density at radius 3 is 2.70 bits per heavy atom. The van der Waals surface area contributed by atoms with Crippen molar-refractivity contribution >= 4 is 5.91 Å². The summed E-state index contributed by atoms with van der Waals surface area (Å²) in [6.45, 7) is 3.94. The van der Waals surface area contributed by atoms with Gasteiger partial charge in [-0.15, -0.1) is 0 Å². The highest BCUT2D eigenvalue weighted by molar-refractivity contribution is 5.96. The van der Waals surface area contributed by atoms with Crippen LogP contribution < -0.4 is 5.32 Å². The lowest BCUT2D eigenvalue weighted by Crippen LogP contribution is -2.34. The number of hydrogen-bond donors (Lipinski definition) is 2. The summed E-state index contributed by atoms with van der Waals surface area (Å²) in [5.74, 6) is 4.77. The lowest BCUT2D eigenvalue weighted by molar-refractivity contribution is 0.0934. The molecule has 1 aromatic carbocycles. The molecule has 0 atom stereocenters. The van der Waals surface area contributed by atoms with Crippen molar-refractivity contribution in [1.82, 2.24) is 5.32 Å². The summed E-state index contributed by atoms with van der Waals surface area (Å²) in [6, 6.07) is 4.03. The normalized spacial score (nSPS) is 10.1. The number of amides is 1. The zero-order valence-corrected chi connectivity index (χ0v) is 11.9. The van der Waals surface area contributed by atoms with Crippen LogP contribution in [0, 0.1) is 17.7 Å². The van der Waals surface area contributed by atoms with E-state index in [1.807, 2.05) is 13.8 Å². The molecule has 1 rings (SSSR count). The Morgan fingerprint density at radius 2 is 2.10 bits per heavy atom. The van der Waals surface area contributed by atoms with Crippen molar-refractivity contribution in [1.29, 1.82) is 0 Å². The van der Waals surface area contributed by atoms with E-state index in [1.54, 1.807) is 0 Å². The molecule has 1 amide bonds. The quantitative estimate of drug-likeness (QED) is 0.812. The van der Waals surface area contributed by atoms with Gasteiger partial charge in [-0.1, -0.05) is 25.7 Å². The van der Waals surface area contributed by atoms with E-state index in [0.717, 1.165) is 12.8 Å². The van der Waals surface area contributed by atoms with Crippen molar-refractivity contribution in [2.45, 2.75) is 39.2 Å². The van der Waals surface area contributed by atoms with E-state index in [0.29, 0.717) is 17.5 Å². The van der Waals surface area contributed by atoms with Crippen molar-refractivity contribution in [3.63, 3.8) is 0 Å². The first kappa shape index (κ1) is 16.2. The molecule has 0 aliphatic carbocycles. The summed E-state index contributed by atoms with van der Waals surface area (Å²) >= 11 is 0. The molecule has 0 heterocycles. The fourth-order valence-corrected chi connectivity index (χ4v) is 1.79. The largest absolute Gasteiger partial charge is 0.395 e. The first-order valence-corrected chi connectivity index (χ1v) is 6.82. The minimum atomic E-state index is -0.433. The van der Waals surface area contributed by atoms with E-state index in [4.69, 9.17) is 5.11 Å². The maximum absolute atomic E-state index is 13.3. The van der Waals surface area contributed by atoms with Crippen molar-refractivity contribution < 1.29 is 14.3 Å². The number of benzene rings is 1. The number of carbonyl (C=O) groups is 1. The van der Waals surface area contributed by atoms with Crippen LogP contribution in [-0.4, -0.2) is 23.7 Å². The predicted octanol–water partition coefficient (Wildman–Crippen LogP) is 2.48. The zero-order chi connectivity index (χ0) is 15.0. The minimum Gasteiger partial charge on any atom is -0.395 e. The SMILES string of the molecule is CCC(CC)NC(=O)c1ccc(F)cc1C#CCCO. The Kier molecular flexibility index (Phi) is 6.75. The van der Waals surface area contributed by atoms with Gasteiger partial charge in [-0.2, -0.15) is 0 Å². The second-order valence-electron chi connectivity index (χ2n) is 4.45. The number of nitrogens with one attached hydrogen (secondary N) is 1. The molecule has 0 spiro atoms. The molecule has 0 saturated heterocycles. The van der Waals surface area contributed by atoms with Gasteiger partial charge in [-0.05, 0) is 31.0 Å². The highest BCUT2D eigenvalue weighted by Crippen LogP contribution is 2.11. The average Bonchev–Trinajstić information content (AvgIpc) is 2.45. The number of carbonyl (C=O) groups excluding carboxylic acids is 1. The molecule has 0 bridgehead atoms. The minimum absolute atomic E-state index is 0.0579. The zero-order valence-electron chi connectivity index (χ0n) is 11.9. The molecule has 0 fully saturated rings. The van der Waals surface area contributed by atoms with Gasteiger partial charge in [0, 0.05) is 18.0 Å². The smallest absolute Gasteiger partial charge is 0.252 e. The first-order chi connectivity index (χ1) is 9.62. The molecule has 1 aromatic rings. The lowest BCUT2D eigenvalue weighted by Gasteiger charge is -2.15. The van der Waals surface area contributed by atoms with Crippen LogP contribution >= 0.6 is 0 Å². The molecule has 3 nitrogen and oxygen atoms in total. The monoisotopic (exact) mass is 277 g/mol. The molecule has 108 valence electrons. The Labute approximate surface area is 119 Å². The first-order valence-electron chi connectivity index (χ1n) is 6.82. The van der Waals surface area contributed by atoms with Gasteiger partial charge in [-0.25, -0.2) is 4.39 Å². The summed E-state index contributed by atoms with van der Waals surface area (Å²) < 4.78 is 13.3. The molecular weight excluding hydrogens is 257 g/mol. The third-order valence-electron chi connectivity index (χ3n) is 3.01. The van der Waals surface area contributed by atoms with Gasteiger partial charge in [-0.3, -0.25) is 4.79 Å². The number of halogens is 1. The van der Waals surface area contributed by atoms with Gasteiger partial charge >= 0.3 is 0 Å². The fourth-order valence-electron chi connectivity index (χ4n) is 1.79. The lowest BCUT2D eigenvalue weighted by atomic mass is 10.1. The third-order valence-corrected chi connectivity index (χ3v) is 3.01. The maximum atomic E-state index is 13.3. The Bertz CT molecular complexity index is 513. The molecule has 0 saturated carbocycles. The average molecular weight is 277 g/mol. The number of aliphatic hydroxyl groups excluding tert-OH is 1. The fraction of sp³-hybridized carbons (Fsp3) is 0.438.